The fraction of sp³-hybridized carbons (Fsp3) is 0.298. The molecular weight excluding hydrogens is 942 g/mol. The number of aliphatic hydroxyl groups is 1. The van der Waals surface area contributed by atoms with Gasteiger partial charge in [-0.25, -0.2) is 4.98 Å². The van der Waals surface area contributed by atoms with Gasteiger partial charge in [0.15, 0.2) is 10.9 Å². The third kappa shape index (κ3) is 23.7. The monoisotopic (exact) mass is 999 g/mol. The Labute approximate surface area is 390 Å². The van der Waals surface area contributed by atoms with Crippen LogP contribution in [0.2, 0.25) is 0 Å². The molecule has 0 saturated carbocycles. The van der Waals surface area contributed by atoms with Crippen LogP contribution < -0.4 is 5.73 Å². The molecule has 5 rings (SSSR count). The zero-order chi connectivity index (χ0) is 45.6. The number of aliphatic hydroxyl groups excluding tert-OH is 1. The van der Waals surface area contributed by atoms with Crippen molar-refractivity contribution in [3.63, 3.8) is 0 Å². The average molecular weight is 1000 g/mol. The minimum Gasteiger partial charge on any atom is -0.481 e. The first-order chi connectivity index (χ1) is 28.5. The number of nitrogens with two attached hydrogens (primary N) is 1. The number of Topliss-reactive ketones (excluding diaryl/α,β-unsaturated/α-hetero) is 2. The van der Waals surface area contributed by atoms with E-state index < -0.39 is 11.9 Å². The summed E-state index contributed by atoms with van der Waals surface area (Å²) in [4.78, 5) is 41.9. The molecule has 0 bridgehead atoms. The van der Waals surface area contributed by atoms with Gasteiger partial charge in [-0.1, -0.05) is 170 Å². The van der Waals surface area contributed by atoms with Gasteiger partial charge in [-0.05, 0) is 48.6 Å². The number of halogens is 3. The van der Waals surface area contributed by atoms with E-state index in [-0.39, 0.29) is 40.4 Å². The first-order valence-electron chi connectivity index (χ1n) is 18.9. The number of hydrogen-bond acceptors (Lipinski definition) is 8. The van der Waals surface area contributed by atoms with Gasteiger partial charge in [0.1, 0.15) is 5.16 Å². The van der Waals surface area contributed by atoms with E-state index in [0.717, 1.165) is 46.4 Å². The number of ketones is 2. The number of carbonyl (C=O) groups is 3. The molecule has 1 heterocycles. The highest BCUT2D eigenvalue weighted by Gasteiger charge is 2.16. The van der Waals surface area contributed by atoms with Crippen molar-refractivity contribution in [3.05, 3.63) is 171 Å². The van der Waals surface area contributed by atoms with Crippen molar-refractivity contribution in [2.45, 2.75) is 65.2 Å². The Balaban J connectivity index is 0. The number of nitrogen functional groups attached to an aromatic ring is 1. The second-order valence-corrected chi connectivity index (χ2v) is 15.2. The van der Waals surface area contributed by atoms with Gasteiger partial charge >= 0.3 is 12.2 Å². The summed E-state index contributed by atoms with van der Waals surface area (Å²) in [7, 11) is 4.85. The number of anilines is 1. The number of rotatable bonds is 11. The molecule has 5 aromatic rings. The van der Waals surface area contributed by atoms with Gasteiger partial charge in [-0.2, -0.15) is 4.79 Å². The van der Waals surface area contributed by atoms with E-state index in [4.69, 9.17) is 33.1 Å². The molecule has 61 heavy (non-hydrogen) atoms. The third-order valence-corrected chi connectivity index (χ3v) is 10.5. The van der Waals surface area contributed by atoms with Gasteiger partial charge in [-0.3, -0.25) is 14.4 Å². The largest absolute Gasteiger partial charge is 0.481 e. The Hall–Kier alpha value is -4.75. The molecule has 0 amide bonds. The second-order valence-electron chi connectivity index (χ2n) is 13.4. The van der Waals surface area contributed by atoms with Crippen LogP contribution in [0.5, 0.6) is 0 Å². The summed E-state index contributed by atoms with van der Waals surface area (Å²) >= 11 is 10.4. The number of carboxylic acid groups (broad SMARTS) is 1. The molecule has 4 N–H and O–H groups in total. The van der Waals surface area contributed by atoms with Crippen molar-refractivity contribution in [2.75, 3.05) is 32.3 Å². The Morgan fingerprint density at radius 1 is 0.770 bits per heavy atom. The number of allylic oxidation sites excluding steroid dienone is 1. The lowest BCUT2D eigenvalue weighted by Gasteiger charge is -2.11. The van der Waals surface area contributed by atoms with Crippen molar-refractivity contribution in [1.29, 1.82) is 0 Å². The number of thiazole rings is 1. The summed E-state index contributed by atoms with van der Waals surface area (Å²) in [6, 6.07) is 38.7. The van der Waals surface area contributed by atoms with Crippen LogP contribution in [0.4, 0.5) is 5.13 Å². The number of benzene rings is 4. The van der Waals surface area contributed by atoms with Crippen LogP contribution in [0.25, 0.3) is 5.53 Å². The Kier molecular flexibility index (Phi) is 32.4. The van der Waals surface area contributed by atoms with Gasteiger partial charge in [-0.15, -0.1) is 28.3 Å². The maximum Gasteiger partial charge on any atom is 0.323 e. The van der Waals surface area contributed by atoms with Crippen LogP contribution in [-0.2, 0) is 14.4 Å². The van der Waals surface area contributed by atoms with Crippen LogP contribution in [-0.4, -0.2) is 75.2 Å². The predicted molar refractivity (Wildman–Crippen MR) is 263 cm³/mol. The van der Waals surface area contributed by atoms with Crippen LogP contribution in [0, 0.1) is 0 Å². The van der Waals surface area contributed by atoms with E-state index >= 15 is 0 Å². The topological polar surface area (TPSA) is 170 Å². The minimum absolute atomic E-state index is 0. The molecule has 330 valence electrons. The Morgan fingerprint density at radius 2 is 1.15 bits per heavy atom. The van der Waals surface area contributed by atoms with Crippen molar-refractivity contribution in [3.8, 4) is 0 Å². The standard InChI is InChI=1S/C11H12N2S.C10H11BrO.C10H10N2O.C9H10O2.C6H12ClN.CH4O.BrH/c1-8(9-5-3-2-4-6-9)10-7-14-11(12)13-10;1-8(10(12)7-11)9-5-3-2-4-6-9;1-8(10(13)7-12-11)9-5-3-2-4-6-9;1-7(9(10)11)8-5-3-2-4-6-8;1-5(2)6(7)8(3)4;1-2;/h2-8H,1H3,(H2,12,13);2-6,8H,7H2,1H3;2-8H,1H3;2-7H,1H3,(H,10,11);1-4H3;2H,1H3;1H. The fourth-order valence-corrected chi connectivity index (χ4v) is 6.00. The van der Waals surface area contributed by atoms with Gasteiger partial charge in [0.25, 0.3) is 0 Å². The molecular formula is C47H60Br2ClN5O5S. The third-order valence-electron chi connectivity index (χ3n) is 8.58. The molecule has 0 fully saturated rings. The summed E-state index contributed by atoms with van der Waals surface area (Å²) in [6.07, 6.45) is 0.928. The Morgan fingerprint density at radius 3 is 1.44 bits per heavy atom. The van der Waals surface area contributed by atoms with Gasteiger partial charge in [0.05, 0.1) is 22.9 Å². The number of nitrogens with zero attached hydrogens (tertiary/aromatic N) is 4. The molecule has 0 aliphatic rings. The van der Waals surface area contributed by atoms with Crippen LogP contribution in [0.1, 0.15) is 93.2 Å². The smallest absolute Gasteiger partial charge is 0.323 e. The number of aliphatic carboxylic acids is 1. The summed E-state index contributed by atoms with van der Waals surface area (Å²) in [5.41, 5.74) is 20.1. The normalized spacial score (nSPS) is 11.3. The maximum atomic E-state index is 11.3. The number of aromatic nitrogens is 1. The molecule has 0 radical (unpaired) electrons. The number of hydrogen-bond donors (Lipinski definition) is 3. The molecule has 14 heteroatoms. The molecule has 0 spiro atoms. The lowest BCUT2D eigenvalue weighted by molar-refractivity contribution is -0.138. The van der Waals surface area contributed by atoms with E-state index in [1.165, 1.54) is 16.9 Å². The number of carbonyl (C=O) groups excluding carboxylic acids is 2. The van der Waals surface area contributed by atoms with E-state index in [1.807, 2.05) is 154 Å². The minimum atomic E-state index is -0.781. The molecule has 0 aliphatic heterocycles. The SMILES string of the molecule is Br.CC(C(=O)C=[N+]=[N-])c1ccccc1.CC(C(=O)CBr)c1ccccc1.CC(C(=O)O)c1ccccc1.CC(C)=C(Cl)N(C)C.CC(c1ccccc1)c1csc(N)n1.CO. The highest BCUT2D eigenvalue weighted by Crippen LogP contribution is 2.26. The summed E-state index contributed by atoms with van der Waals surface area (Å²) in [5.74, 6) is -1.09. The molecule has 4 aromatic carbocycles. The highest BCUT2D eigenvalue weighted by molar-refractivity contribution is 9.09. The van der Waals surface area contributed by atoms with Crippen LogP contribution in [0.3, 0.4) is 0 Å². The Bertz CT molecular complexity index is 2030. The fourth-order valence-electron chi connectivity index (χ4n) is 4.86. The predicted octanol–water partition coefficient (Wildman–Crippen LogP) is 11.4. The summed E-state index contributed by atoms with van der Waals surface area (Å²) in [6.45, 7) is 11.5. The molecule has 0 saturated heterocycles. The lowest BCUT2D eigenvalue weighted by atomic mass is 9.97. The van der Waals surface area contributed by atoms with Crippen LogP contribution >= 0.6 is 55.8 Å². The maximum absolute atomic E-state index is 11.3. The average Bonchev–Trinajstić information content (AvgIpc) is 3.73. The first kappa shape index (κ1) is 58.3. The van der Waals surface area contributed by atoms with E-state index in [1.54, 1.807) is 13.8 Å². The van der Waals surface area contributed by atoms with E-state index in [9.17, 15) is 14.4 Å². The van der Waals surface area contributed by atoms with Crippen molar-refractivity contribution >= 4 is 84.7 Å². The zero-order valence-corrected chi connectivity index (χ0v) is 41.1. The summed E-state index contributed by atoms with van der Waals surface area (Å²) in [5, 5.41) is 19.6. The number of alkyl halides is 1. The number of carboxylic acids is 1. The van der Waals surface area contributed by atoms with Crippen LogP contribution in [0.15, 0.2) is 137 Å². The first-order valence-corrected chi connectivity index (χ1v) is 21.3. The van der Waals surface area contributed by atoms with Gasteiger partial charge in [0, 0.05) is 38.4 Å². The molecule has 0 aliphatic carbocycles. The lowest BCUT2D eigenvalue weighted by Crippen LogP contribution is -2.10. The molecule has 4 atom stereocenters. The molecule has 4 unspecified atom stereocenters. The van der Waals surface area contributed by atoms with Crippen molar-refractivity contribution < 1.29 is 29.4 Å². The highest BCUT2D eigenvalue weighted by atomic mass is 79.9. The van der Waals surface area contributed by atoms with Crippen molar-refractivity contribution in [1.82, 2.24) is 9.88 Å². The van der Waals surface area contributed by atoms with Gasteiger partial charge in [0.2, 0.25) is 5.78 Å². The van der Waals surface area contributed by atoms with E-state index in [2.05, 4.69) is 44.8 Å². The molecule has 10 nitrogen and oxygen atoms in total. The quantitative estimate of drug-likeness (QED) is 0.0386. The van der Waals surface area contributed by atoms with E-state index in [0.29, 0.717) is 16.4 Å². The zero-order valence-electron chi connectivity index (χ0n) is 36.3. The van der Waals surface area contributed by atoms with Gasteiger partial charge < -0.3 is 26.4 Å². The molecule has 1 aromatic heterocycles. The summed E-state index contributed by atoms with van der Waals surface area (Å²) < 4.78 is 0. The van der Waals surface area contributed by atoms with Crippen molar-refractivity contribution in [2.24, 2.45) is 0 Å². The second kappa shape index (κ2) is 33.9.